The molecule has 6 nitrogen and oxygen atoms in total. The zero-order valence-corrected chi connectivity index (χ0v) is 13.6. The van der Waals surface area contributed by atoms with Gasteiger partial charge in [-0.05, 0) is 30.7 Å². The van der Waals surface area contributed by atoms with Crippen LogP contribution < -0.4 is 19.5 Å². The van der Waals surface area contributed by atoms with Crippen LogP contribution in [-0.4, -0.2) is 19.6 Å². The average molecular weight is 337 g/mol. The van der Waals surface area contributed by atoms with Crippen molar-refractivity contribution in [1.29, 1.82) is 0 Å². The van der Waals surface area contributed by atoms with Crippen LogP contribution in [0.1, 0.15) is 22.8 Å². The van der Waals surface area contributed by atoms with Crippen LogP contribution in [0.15, 0.2) is 36.7 Å². The van der Waals surface area contributed by atoms with E-state index in [1.54, 1.807) is 18.2 Å². The monoisotopic (exact) mass is 336 g/mol. The number of halogens is 1. The molecule has 2 aromatic rings. The molecule has 0 bridgehead atoms. The number of pyridine rings is 1. The molecule has 0 aliphatic carbocycles. The second-order valence-corrected chi connectivity index (χ2v) is 5.08. The standard InChI is InChI=1S/C16H17ClN2O4/c1-3-23-15-13(17)7-11(8-14(15)22-2)9-18-16(20)12-5-4-6-19(21)10-12/h4-8,10H,3,9H2,1-2H3,(H,18,20). The van der Waals surface area contributed by atoms with Crippen molar-refractivity contribution in [2.45, 2.75) is 13.5 Å². The Kier molecular flexibility index (Phi) is 5.65. The second kappa shape index (κ2) is 7.69. The molecule has 0 fully saturated rings. The summed E-state index contributed by atoms with van der Waals surface area (Å²) in [4.78, 5) is 12.0. The lowest BCUT2D eigenvalue weighted by Gasteiger charge is -2.13. The van der Waals surface area contributed by atoms with E-state index in [0.29, 0.717) is 27.9 Å². The molecule has 0 saturated carbocycles. The predicted molar refractivity (Wildman–Crippen MR) is 85.7 cm³/mol. The second-order valence-electron chi connectivity index (χ2n) is 4.68. The van der Waals surface area contributed by atoms with Crippen molar-refractivity contribution in [2.75, 3.05) is 13.7 Å². The van der Waals surface area contributed by atoms with Crippen molar-refractivity contribution >= 4 is 17.5 Å². The zero-order chi connectivity index (χ0) is 16.8. The van der Waals surface area contributed by atoms with Crippen molar-refractivity contribution in [2.24, 2.45) is 0 Å². The number of nitrogens with zero attached hydrogens (tertiary/aromatic N) is 1. The van der Waals surface area contributed by atoms with E-state index in [-0.39, 0.29) is 18.0 Å². The Hall–Kier alpha value is -2.47. The van der Waals surface area contributed by atoms with E-state index in [1.807, 2.05) is 6.92 Å². The van der Waals surface area contributed by atoms with Gasteiger partial charge in [-0.2, -0.15) is 4.73 Å². The quantitative estimate of drug-likeness (QED) is 0.649. The Bertz CT molecular complexity index is 706. The Morgan fingerprint density at radius 1 is 1.43 bits per heavy atom. The third-order valence-corrected chi connectivity index (χ3v) is 3.35. The Morgan fingerprint density at radius 3 is 2.87 bits per heavy atom. The lowest BCUT2D eigenvalue weighted by molar-refractivity contribution is -0.605. The SMILES string of the molecule is CCOc1c(Cl)cc(CNC(=O)c2ccc[n+]([O-])c2)cc1OC. The van der Waals surface area contributed by atoms with Crippen molar-refractivity contribution in [3.05, 3.63) is 58.0 Å². The van der Waals surface area contributed by atoms with Gasteiger partial charge in [0.15, 0.2) is 23.9 Å². The van der Waals surface area contributed by atoms with Gasteiger partial charge in [-0.25, -0.2) is 0 Å². The molecule has 0 spiro atoms. The highest BCUT2D eigenvalue weighted by Gasteiger charge is 2.13. The number of amides is 1. The lowest BCUT2D eigenvalue weighted by atomic mass is 10.2. The van der Waals surface area contributed by atoms with E-state index in [1.165, 1.54) is 25.6 Å². The van der Waals surface area contributed by atoms with Crippen molar-refractivity contribution < 1.29 is 19.0 Å². The summed E-state index contributed by atoms with van der Waals surface area (Å²) in [6, 6.07) is 6.53. The summed E-state index contributed by atoms with van der Waals surface area (Å²) < 4.78 is 11.3. The van der Waals surface area contributed by atoms with E-state index in [2.05, 4.69) is 5.32 Å². The van der Waals surface area contributed by atoms with Crippen LogP contribution in [0.25, 0.3) is 0 Å². The topological polar surface area (TPSA) is 74.5 Å². The highest BCUT2D eigenvalue weighted by Crippen LogP contribution is 2.36. The molecule has 1 aromatic carbocycles. The van der Waals surface area contributed by atoms with E-state index in [9.17, 15) is 10.0 Å². The smallest absolute Gasteiger partial charge is 0.257 e. The lowest BCUT2D eigenvalue weighted by Crippen LogP contribution is -2.29. The summed E-state index contributed by atoms with van der Waals surface area (Å²) in [6.07, 6.45) is 2.52. The van der Waals surface area contributed by atoms with Gasteiger partial charge in [0, 0.05) is 12.6 Å². The van der Waals surface area contributed by atoms with Crippen molar-refractivity contribution in [3.8, 4) is 11.5 Å². The molecule has 2 rings (SSSR count). The van der Waals surface area contributed by atoms with Crippen molar-refractivity contribution in [1.82, 2.24) is 5.32 Å². The number of nitrogens with one attached hydrogen (secondary N) is 1. The van der Waals surface area contributed by atoms with Gasteiger partial charge in [0.1, 0.15) is 5.56 Å². The molecule has 1 aromatic heterocycles. The van der Waals surface area contributed by atoms with Gasteiger partial charge in [0.2, 0.25) is 0 Å². The molecule has 1 amide bonds. The number of carbonyl (C=O) groups is 1. The molecule has 1 N–H and O–H groups in total. The van der Waals surface area contributed by atoms with E-state index in [0.717, 1.165) is 5.56 Å². The molecule has 23 heavy (non-hydrogen) atoms. The maximum atomic E-state index is 12.0. The zero-order valence-electron chi connectivity index (χ0n) is 12.8. The van der Waals surface area contributed by atoms with Crippen LogP contribution in [-0.2, 0) is 6.54 Å². The van der Waals surface area contributed by atoms with Gasteiger partial charge in [0.05, 0.1) is 18.7 Å². The van der Waals surface area contributed by atoms with Gasteiger partial charge < -0.3 is 20.0 Å². The Balaban J connectivity index is 2.11. The fourth-order valence-corrected chi connectivity index (χ4v) is 2.32. The molecule has 7 heteroatoms. The van der Waals surface area contributed by atoms with Crippen LogP contribution in [0.3, 0.4) is 0 Å². The summed E-state index contributed by atoms with van der Waals surface area (Å²) in [5.74, 6) is 0.627. The Labute approximate surface area is 139 Å². The Morgan fingerprint density at radius 2 is 2.22 bits per heavy atom. The van der Waals surface area contributed by atoms with Gasteiger partial charge in [-0.15, -0.1) is 0 Å². The normalized spacial score (nSPS) is 10.2. The van der Waals surface area contributed by atoms with Crippen LogP contribution in [0.5, 0.6) is 11.5 Å². The third-order valence-electron chi connectivity index (χ3n) is 3.07. The maximum absolute atomic E-state index is 12.0. The highest BCUT2D eigenvalue weighted by atomic mass is 35.5. The van der Waals surface area contributed by atoms with Crippen LogP contribution in [0.2, 0.25) is 5.02 Å². The summed E-state index contributed by atoms with van der Waals surface area (Å²) in [7, 11) is 1.52. The number of rotatable bonds is 6. The fourth-order valence-electron chi connectivity index (χ4n) is 2.03. The minimum Gasteiger partial charge on any atom is -0.619 e. The summed E-state index contributed by atoms with van der Waals surface area (Å²) in [5, 5.41) is 14.3. The molecule has 122 valence electrons. The highest BCUT2D eigenvalue weighted by molar-refractivity contribution is 6.32. The number of ether oxygens (including phenoxy) is 2. The van der Waals surface area contributed by atoms with Crippen LogP contribution in [0, 0.1) is 5.21 Å². The number of methoxy groups -OCH3 is 1. The molecule has 0 aliphatic heterocycles. The van der Waals surface area contributed by atoms with Gasteiger partial charge in [-0.1, -0.05) is 11.6 Å². The third kappa shape index (κ3) is 4.26. The van der Waals surface area contributed by atoms with E-state index in [4.69, 9.17) is 21.1 Å². The minimum absolute atomic E-state index is 0.245. The molecule has 0 atom stereocenters. The van der Waals surface area contributed by atoms with Gasteiger partial charge >= 0.3 is 0 Å². The average Bonchev–Trinajstić information content (AvgIpc) is 2.54. The van der Waals surface area contributed by atoms with E-state index < -0.39 is 0 Å². The maximum Gasteiger partial charge on any atom is 0.257 e. The number of carbonyl (C=O) groups excluding carboxylic acids is 1. The first-order chi connectivity index (χ1) is 11.0. The molecule has 0 saturated heterocycles. The molecule has 1 heterocycles. The van der Waals surface area contributed by atoms with Crippen LogP contribution in [0.4, 0.5) is 0 Å². The van der Waals surface area contributed by atoms with E-state index >= 15 is 0 Å². The number of benzene rings is 1. The number of hydrogen-bond donors (Lipinski definition) is 1. The fraction of sp³-hybridized carbons (Fsp3) is 0.250. The van der Waals surface area contributed by atoms with Crippen LogP contribution >= 0.6 is 11.6 Å². The van der Waals surface area contributed by atoms with Crippen molar-refractivity contribution in [3.63, 3.8) is 0 Å². The first-order valence-corrected chi connectivity index (χ1v) is 7.39. The summed E-state index contributed by atoms with van der Waals surface area (Å²) >= 11 is 6.18. The minimum atomic E-state index is -0.348. The summed E-state index contributed by atoms with van der Waals surface area (Å²) in [5.41, 5.74) is 1.04. The molecule has 0 aliphatic rings. The molecular formula is C16H17ClN2O4. The number of hydrogen-bond acceptors (Lipinski definition) is 4. The number of aromatic nitrogens is 1. The first-order valence-electron chi connectivity index (χ1n) is 7.01. The first kappa shape index (κ1) is 16.9. The van der Waals surface area contributed by atoms with Gasteiger partial charge in [0.25, 0.3) is 5.91 Å². The molecular weight excluding hydrogens is 320 g/mol. The largest absolute Gasteiger partial charge is 0.619 e. The predicted octanol–water partition coefficient (Wildman–Crippen LogP) is 2.31. The molecule has 0 unspecified atom stereocenters. The summed E-state index contributed by atoms with van der Waals surface area (Å²) in [6.45, 7) is 2.57. The molecule has 0 radical (unpaired) electrons. The van der Waals surface area contributed by atoms with Gasteiger partial charge in [-0.3, -0.25) is 4.79 Å².